The summed E-state index contributed by atoms with van der Waals surface area (Å²) in [4.78, 5) is 2.58. The molecule has 1 heterocycles. The van der Waals surface area contributed by atoms with Crippen LogP contribution in [0.1, 0.15) is 26.3 Å². The van der Waals surface area contributed by atoms with E-state index in [4.69, 9.17) is 4.74 Å². The molecule has 0 saturated carbocycles. The van der Waals surface area contributed by atoms with Crippen molar-refractivity contribution in [3.63, 3.8) is 0 Å². The molecular weight excluding hydrogens is 248 g/mol. The van der Waals surface area contributed by atoms with Crippen LogP contribution >= 0.6 is 0 Å². The minimum Gasteiger partial charge on any atom is -0.377 e. The van der Waals surface area contributed by atoms with Gasteiger partial charge in [-0.25, -0.2) is 0 Å². The summed E-state index contributed by atoms with van der Waals surface area (Å²) in [5, 5.41) is 3.60. The summed E-state index contributed by atoms with van der Waals surface area (Å²) in [7, 11) is 0. The maximum atomic E-state index is 5.72. The average molecular weight is 276 g/mol. The molecule has 1 aromatic carbocycles. The Labute approximate surface area is 123 Å². The summed E-state index contributed by atoms with van der Waals surface area (Å²) >= 11 is 0. The first kappa shape index (κ1) is 15.5. The second-order valence-corrected chi connectivity index (χ2v) is 6.07. The number of hydrogen-bond acceptors (Lipinski definition) is 3. The molecule has 1 aliphatic rings. The number of rotatable bonds is 6. The van der Waals surface area contributed by atoms with E-state index in [0.717, 1.165) is 32.7 Å². The molecular formula is C17H28N2O. The summed E-state index contributed by atoms with van der Waals surface area (Å²) in [6.45, 7) is 10.5. The number of ether oxygens (including phenoxy) is 1. The van der Waals surface area contributed by atoms with Gasteiger partial charge < -0.3 is 10.1 Å². The van der Waals surface area contributed by atoms with Gasteiger partial charge in [0.25, 0.3) is 0 Å². The lowest BCUT2D eigenvalue weighted by Gasteiger charge is -2.39. The third kappa shape index (κ3) is 4.89. The zero-order chi connectivity index (χ0) is 14.4. The predicted octanol–water partition coefficient (Wildman–Crippen LogP) is 2.32. The van der Waals surface area contributed by atoms with Gasteiger partial charge in [0.1, 0.15) is 0 Å². The van der Waals surface area contributed by atoms with Crippen LogP contribution in [0.15, 0.2) is 30.3 Å². The zero-order valence-corrected chi connectivity index (χ0v) is 13.0. The van der Waals surface area contributed by atoms with Gasteiger partial charge >= 0.3 is 0 Å². The summed E-state index contributed by atoms with van der Waals surface area (Å²) in [6.07, 6.45) is 1.44. The molecule has 3 heteroatoms. The molecule has 0 spiro atoms. The number of hydrogen-bond donors (Lipinski definition) is 1. The SMILES string of the molecule is CC1CN(CCOC(C)C)C(Cc2ccccc2)CN1. The molecule has 2 atom stereocenters. The maximum Gasteiger partial charge on any atom is 0.0597 e. The van der Waals surface area contributed by atoms with Crippen molar-refractivity contribution < 1.29 is 4.74 Å². The van der Waals surface area contributed by atoms with Crippen molar-refractivity contribution in [2.45, 2.75) is 45.4 Å². The van der Waals surface area contributed by atoms with Gasteiger partial charge in [0.2, 0.25) is 0 Å². The second-order valence-electron chi connectivity index (χ2n) is 6.07. The molecule has 2 rings (SSSR count). The van der Waals surface area contributed by atoms with Gasteiger partial charge in [0.15, 0.2) is 0 Å². The molecule has 0 amide bonds. The lowest BCUT2D eigenvalue weighted by molar-refractivity contribution is 0.0378. The Bertz CT molecular complexity index is 380. The van der Waals surface area contributed by atoms with Crippen molar-refractivity contribution >= 4 is 0 Å². The molecule has 0 aliphatic carbocycles. The van der Waals surface area contributed by atoms with Gasteiger partial charge in [-0.05, 0) is 32.8 Å². The van der Waals surface area contributed by atoms with E-state index < -0.39 is 0 Å². The van der Waals surface area contributed by atoms with E-state index in [1.165, 1.54) is 5.56 Å². The van der Waals surface area contributed by atoms with Crippen LogP contribution in [-0.4, -0.2) is 49.3 Å². The van der Waals surface area contributed by atoms with E-state index in [1.54, 1.807) is 0 Å². The molecule has 112 valence electrons. The van der Waals surface area contributed by atoms with E-state index in [-0.39, 0.29) is 0 Å². The topological polar surface area (TPSA) is 24.5 Å². The van der Waals surface area contributed by atoms with Crippen molar-refractivity contribution in [3.05, 3.63) is 35.9 Å². The number of nitrogens with zero attached hydrogens (tertiary/aromatic N) is 1. The third-order valence-corrected chi connectivity index (χ3v) is 3.87. The third-order valence-electron chi connectivity index (χ3n) is 3.87. The van der Waals surface area contributed by atoms with E-state index in [2.05, 4.69) is 61.3 Å². The summed E-state index contributed by atoms with van der Waals surface area (Å²) < 4.78 is 5.72. The molecule has 1 aliphatic heterocycles. The van der Waals surface area contributed by atoms with Crippen molar-refractivity contribution in [2.24, 2.45) is 0 Å². The fraction of sp³-hybridized carbons (Fsp3) is 0.647. The zero-order valence-electron chi connectivity index (χ0n) is 13.0. The molecule has 1 N–H and O–H groups in total. The lowest BCUT2D eigenvalue weighted by Crippen LogP contribution is -2.56. The molecule has 1 fully saturated rings. The van der Waals surface area contributed by atoms with E-state index in [1.807, 2.05) is 0 Å². The van der Waals surface area contributed by atoms with Crippen molar-refractivity contribution in [2.75, 3.05) is 26.2 Å². The van der Waals surface area contributed by atoms with Crippen LogP contribution in [0.25, 0.3) is 0 Å². The van der Waals surface area contributed by atoms with E-state index in [9.17, 15) is 0 Å². The number of piperazine rings is 1. The molecule has 20 heavy (non-hydrogen) atoms. The van der Waals surface area contributed by atoms with E-state index >= 15 is 0 Å². The molecule has 0 bridgehead atoms. The summed E-state index contributed by atoms with van der Waals surface area (Å²) in [5.74, 6) is 0. The Morgan fingerprint density at radius 1 is 1.30 bits per heavy atom. The minimum atomic E-state index is 0.322. The standard InChI is InChI=1S/C17H28N2O/c1-14(2)20-10-9-19-13-15(3)18-12-17(19)11-16-7-5-4-6-8-16/h4-8,14-15,17-18H,9-13H2,1-3H3. The van der Waals surface area contributed by atoms with Crippen LogP contribution in [0.3, 0.4) is 0 Å². The van der Waals surface area contributed by atoms with Crippen LogP contribution in [0.2, 0.25) is 0 Å². The normalized spacial score (nSPS) is 24.2. The monoisotopic (exact) mass is 276 g/mol. The molecule has 2 unspecified atom stereocenters. The Hall–Kier alpha value is -0.900. The molecule has 1 saturated heterocycles. The average Bonchev–Trinajstić information content (AvgIpc) is 2.42. The highest BCUT2D eigenvalue weighted by atomic mass is 16.5. The summed E-state index contributed by atoms with van der Waals surface area (Å²) in [6, 6.07) is 11.9. The molecule has 3 nitrogen and oxygen atoms in total. The Kier molecular flexibility index (Phi) is 6.02. The quantitative estimate of drug-likeness (QED) is 0.863. The largest absolute Gasteiger partial charge is 0.377 e. The highest BCUT2D eigenvalue weighted by Crippen LogP contribution is 2.13. The highest BCUT2D eigenvalue weighted by Gasteiger charge is 2.25. The van der Waals surface area contributed by atoms with Crippen molar-refractivity contribution in [3.8, 4) is 0 Å². The molecule has 0 aromatic heterocycles. The highest BCUT2D eigenvalue weighted by molar-refractivity contribution is 5.16. The second kappa shape index (κ2) is 7.77. The van der Waals surface area contributed by atoms with Gasteiger partial charge in [0.05, 0.1) is 12.7 Å². The van der Waals surface area contributed by atoms with Crippen LogP contribution in [0.4, 0.5) is 0 Å². The number of benzene rings is 1. The Morgan fingerprint density at radius 2 is 2.05 bits per heavy atom. The predicted molar refractivity (Wildman–Crippen MR) is 84.1 cm³/mol. The maximum absolute atomic E-state index is 5.72. The first-order valence-corrected chi connectivity index (χ1v) is 7.78. The van der Waals surface area contributed by atoms with Crippen LogP contribution in [-0.2, 0) is 11.2 Å². The van der Waals surface area contributed by atoms with E-state index in [0.29, 0.717) is 18.2 Å². The fourth-order valence-corrected chi connectivity index (χ4v) is 2.80. The first-order chi connectivity index (χ1) is 9.65. The Balaban J connectivity index is 1.90. The van der Waals surface area contributed by atoms with Crippen molar-refractivity contribution in [1.29, 1.82) is 0 Å². The van der Waals surface area contributed by atoms with Gasteiger partial charge in [-0.15, -0.1) is 0 Å². The lowest BCUT2D eigenvalue weighted by atomic mass is 10.0. The van der Waals surface area contributed by atoms with Crippen LogP contribution < -0.4 is 5.32 Å². The van der Waals surface area contributed by atoms with Crippen LogP contribution in [0, 0.1) is 0 Å². The summed E-state index contributed by atoms with van der Waals surface area (Å²) in [5.41, 5.74) is 1.42. The molecule has 1 aromatic rings. The Morgan fingerprint density at radius 3 is 2.75 bits per heavy atom. The van der Waals surface area contributed by atoms with Crippen LogP contribution in [0.5, 0.6) is 0 Å². The van der Waals surface area contributed by atoms with Gasteiger partial charge in [-0.1, -0.05) is 30.3 Å². The smallest absolute Gasteiger partial charge is 0.0597 e. The number of nitrogens with one attached hydrogen (secondary N) is 1. The van der Waals surface area contributed by atoms with Crippen molar-refractivity contribution in [1.82, 2.24) is 10.2 Å². The fourth-order valence-electron chi connectivity index (χ4n) is 2.80. The molecule has 0 radical (unpaired) electrons. The first-order valence-electron chi connectivity index (χ1n) is 7.78. The van der Waals surface area contributed by atoms with Gasteiger partial charge in [0, 0.05) is 31.7 Å². The minimum absolute atomic E-state index is 0.322. The van der Waals surface area contributed by atoms with Gasteiger partial charge in [-0.2, -0.15) is 0 Å². The van der Waals surface area contributed by atoms with Gasteiger partial charge in [-0.3, -0.25) is 4.90 Å².